The maximum atomic E-state index is 13.6. The zero-order valence-electron chi connectivity index (χ0n) is 10.7. The van der Waals surface area contributed by atoms with Crippen molar-refractivity contribution < 1.29 is 27.1 Å². The van der Waals surface area contributed by atoms with Gasteiger partial charge in [0.2, 0.25) is 5.82 Å². The van der Waals surface area contributed by atoms with Crippen molar-refractivity contribution in [1.29, 1.82) is 0 Å². The molecule has 0 bridgehead atoms. The van der Waals surface area contributed by atoms with E-state index in [9.17, 15) is 27.1 Å². The van der Waals surface area contributed by atoms with Gasteiger partial charge in [-0.05, 0) is 6.42 Å². The zero-order chi connectivity index (χ0) is 15.7. The van der Waals surface area contributed by atoms with E-state index in [-0.39, 0.29) is 12.2 Å². The molecule has 0 aliphatic heterocycles. The number of nitrogens with zero attached hydrogens (tertiary/aromatic N) is 3. The monoisotopic (exact) mass is 307 g/mol. The number of halogens is 5. The van der Waals surface area contributed by atoms with Gasteiger partial charge in [0.05, 0.1) is 17.5 Å². The Bertz CT molecular complexity index is 644. The first-order chi connectivity index (χ1) is 9.90. The average molecular weight is 307 g/mol. The molecule has 1 unspecified atom stereocenters. The smallest absolute Gasteiger partial charge is 0.200 e. The molecule has 21 heavy (non-hydrogen) atoms. The Kier molecular flexibility index (Phi) is 4.21. The third kappa shape index (κ3) is 2.48. The first-order valence-electron chi connectivity index (χ1n) is 5.97. The predicted octanol–water partition coefficient (Wildman–Crippen LogP) is 2.47. The molecule has 0 aliphatic carbocycles. The van der Waals surface area contributed by atoms with E-state index in [1.165, 1.54) is 0 Å². The summed E-state index contributed by atoms with van der Waals surface area (Å²) in [4.78, 5) is 0. The van der Waals surface area contributed by atoms with Crippen LogP contribution in [-0.2, 0) is 6.54 Å². The van der Waals surface area contributed by atoms with Gasteiger partial charge in [-0.1, -0.05) is 12.1 Å². The Morgan fingerprint density at radius 2 is 1.57 bits per heavy atom. The summed E-state index contributed by atoms with van der Waals surface area (Å²) in [6.45, 7) is 2.04. The molecule has 0 fully saturated rings. The van der Waals surface area contributed by atoms with Crippen LogP contribution in [-0.4, -0.2) is 20.1 Å². The molecule has 9 heteroatoms. The van der Waals surface area contributed by atoms with Crippen molar-refractivity contribution in [3.8, 4) is 0 Å². The van der Waals surface area contributed by atoms with Crippen LogP contribution in [0, 0.1) is 29.1 Å². The van der Waals surface area contributed by atoms with Crippen molar-refractivity contribution in [2.24, 2.45) is 0 Å². The van der Waals surface area contributed by atoms with Gasteiger partial charge < -0.3 is 5.11 Å². The molecule has 2 rings (SSSR count). The molecule has 0 amide bonds. The number of aryl methyl sites for hydroxylation is 1. The number of benzene rings is 1. The molecule has 4 nitrogen and oxygen atoms in total. The van der Waals surface area contributed by atoms with Gasteiger partial charge in [0.25, 0.3) is 0 Å². The van der Waals surface area contributed by atoms with Crippen LogP contribution in [0.2, 0.25) is 0 Å². The van der Waals surface area contributed by atoms with Crippen molar-refractivity contribution in [3.05, 3.63) is 46.5 Å². The minimum absolute atomic E-state index is 0.167. The fraction of sp³-hybridized carbons (Fsp3) is 0.333. The molecule has 1 atom stereocenters. The lowest BCUT2D eigenvalue weighted by atomic mass is 10.0. The molecule has 0 saturated heterocycles. The molecular formula is C12H10F5N3O. The van der Waals surface area contributed by atoms with E-state index in [1.54, 1.807) is 6.92 Å². The molecule has 0 radical (unpaired) electrons. The SMILES string of the molecule is CCCn1nncc1C(O)c1c(F)c(F)c(F)c(F)c1F. The van der Waals surface area contributed by atoms with E-state index in [2.05, 4.69) is 10.3 Å². The standard InChI is InChI=1S/C12H10F5N3O/c1-2-3-20-5(4-18-19-20)12(21)6-7(13)9(15)11(17)10(16)8(6)14/h4,12,21H,2-3H2,1H3. The molecule has 0 saturated carbocycles. The van der Waals surface area contributed by atoms with Crippen LogP contribution in [0.5, 0.6) is 0 Å². The number of aliphatic hydroxyl groups excluding tert-OH is 1. The molecular weight excluding hydrogens is 297 g/mol. The van der Waals surface area contributed by atoms with Crippen molar-refractivity contribution in [2.75, 3.05) is 0 Å². The second-order valence-corrected chi connectivity index (χ2v) is 4.27. The quantitative estimate of drug-likeness (QED) is 0.536. The summed E-state index contributed by atoms with van der Waals surface area (Å²) in [6, 6.07) is 0. The van der Waals surface area contributed by atoms with E-state index in [0.717, 1.165) is 10.9 Å². The summed E-state index contributed by atoms with van der Waals surface area (Å²) < 4.78 is 67.6. The summed E-state index contributed by atoms with van der Waals surface area (Å²) in [7, 11) is 0. The zero-order valence-corrected chi connectivity index (χ0v) is 10.7. The highest BCUT2D eigenvalue weighted by atomic mass is 19.2. The second-order valence-electron chi connectivity index (χ2n) is 4.27. The molecule has 0 aliphatic rings. The summed E-state index contributed by atoms with van der Waals surface area (Å²) in [5.41, 5.74) is -1.49. The minimum Gasteiger partial charge on any atom is -0.382 e. The van der Waals surface area contributed by atoms with Crippen LogP contribution < -0.4 is 0 Å². The molecule has 2 aromatic rings. The molecule has 1 N–H and O–H groups in total. The first-order valence-corrected chi connectivity index (χ1v) is 5.97. The highest BCUT2D eigenvalue weighted by Crippen LogP contribution is 2.31. The van der Waals surface area contributed by atoms with Gasteiger partial charge in [-0.25, -0.2) is 26.6 Å². The lowest BCUT2D eigenvalue weighted by Crippen LogP contribution is -2.16. The Balaban J connectivity index is 2.58. The lowest BCUT2D eigenvalue weighted by molar-refractivity contribution is 0.191. The summed E-state index contributed by atoms with van der Waals surface area (Å²) in [5.74, 6) is -10.7. The molecule has 0 spiro atoms. The van der Waals surface area contributed by atoms with Crippen LogP contribution in [0.4, 0.5) is 22.0 Å². The van der Waals surface area contributed by atoms with Crippen LogP contribution in [0.1, 0.15) is 30.7 Å². The number of hydrogen-bond donors (Lipinski definition) is 1. The Morgan fingerprint density at radius 1 is 1.05 bits per heavy atom. The van der Waals surface area contributed by atoms with E-state index in [0.29, 0.717) is 6.42 Å². The molecule has 1 heterocycles. The topological polar surface area (TPSA) is 50.9 Å². The second kappa shape index (κ2) is 5.76. The summed E-state index contributed by atoms with van der Waals surface area (Å²) in [5, 5.41) is 17.0. The summed E-state index contributed by atoms with van der Waals surface area (Å²) >= 11 is 0. The highest BCUT2D eigenvalue weighted by Gasteiger charge is 2.31. The van der Waals surface area contributed by atoms with Crippen LogP contribution in [0.3, 0.4) is 0 Å². The third-order valence-electron chi connectivity index (χ3n) is 2.88. The van der Waals surface area contributed by atoms with Crippen LogP contribution >= 0.6 is 0 Å². The van der Waals surface area contributed by atoms with Gasteiger partial charge >= 0.3 is 0 Å². The Labute approximate surface area is 115 Å². The Hall–Kier alpha value is -2.03. The third-order valence-corrected chi connectivity index (χ3v) is 2.88. The fourth-order valence-electron chi connectivity index (χ4n) is 1.87. The molecule has 1 aromatic heterocycles. The fourth-order valence-corrected chi connectivity index (χ4v) is 1.87. The predicted molar refractivity (Wildman–Crippen MR) is 60.6 cm³/mol. The van der Waals surface area contributed by atoms with Crippen molar-refractivity contribution in [3.63, 3.8) is 0 Å². The number of aliphatic hydroxyl groups is 1. The Morgan fingerprint density at radius 3 is 2.10 bits per heavy atom. The van der Waals surface area contributed by atoms with E-state index >= 15 is 0 Å². The lowest BCUT2D eigenvalue weighted by Gasteiger charge is -2.15. The van der Waals surface area contributed by atoms with Crippen molar-refractivity contribution in [2.45, 2.75) is 26.0 Å². The van der Waals surface area contributed by atoms with Crippen LogP contribution in [0.15, 0.2) is 6.20 Å². The van der Waals surface area contributed by atoms with Gasteiger partial charge in [-0.15, -0.1) is 5.10 Å². The largest absolute Gasteiger partial charge is 0.382 e. The average Bonchev–Trinajstić information content (AvgIpc) is 2.92. The highest BCUT2D eigenvalue weighted by molar-refractivity contribution is 5.30. The van der Waals surface area contributed by atoms with Crippen molar-refractivity contribution >= 4 is 0 Å². The maximum Gasteiger partial charge on any atom is 0.200 e. The maximum absolute atomic E-state index is 13.6. The minimum atomic E-state index is -2.28. The van der Waals surface area contributed by atoms with E-state index < -0.39 is 40.8 Å². The van der Waals surface area contributed by atoms with Gasteiger partial charge in [0.1, 0.15) is 6.10 Å². The number of hydrogen-bond acceptors (Lipinski definition) is 3. The van der Waals surface area contributed by atoms with Crippen LogP contribution in [0.25, 0.3) is 0 Å². The molecule has 114 valence electrons. The van der Waals surface area contributed by atoms with Gasteiger partial charge in [-0.2, -0.15) is 0 Å². The number of aromatic nitrogens is 3. The normalized spacial score (nSPS) is 12.7. The van der Waals surface area contributed by atoms with Gasteiger partial charge in [-0.3, -0.25) is 0 Å². The van der Waals surface area contributed by atoms with Gasteiger partial charge in [0, 0.05) is 6.54 Å². The van der Waals surface area contributed by atoms with E-state index in [1.807, 2.05) is 0 Å². The molecule has 1 aromatic carbocycles. The van der Waals surface area contributed by atoms with E-state index in [4.69, 9.17) is 0 Å². The number of rotatable bonds is 4. The van der Waals surface area contributed by atoms with Gasteiger partial charge in [0.15, 0.2) is 23.3 Å². The summed E-state index contributed by atoms with van der Waals surface area (Å²) in [6.07, 6.45) is -0.505. The van der Waals surface area contributed by atoms with Crippen molar-refractivity contribution in [1.82, 2.24) is 15.0 Å². The first kappa shape index (κ1) is 15.4.